The van der Waals surface area contributed by atoms with Crippen LogP contribution < -0.4 is 24.3 Å². The highest BCUT2D eigenvalue weighted by atomic mass is 79.9. The van der Waals surface area contributed by atoms with Crippen LogP contribution in [0.15, 0.2) is 34.8 Å². The van der Waals surface area contributed by atoms with Gasteiger partial charge in [0.15, 0.2) is 23.0 Å². The maximum Gasteiger partial charge on any atom is 0.175 e. The summed E-state index contributed by atoms with van der Waals surface area (Å²) in [5.41, 5.74) is 2.18. The molecule has 5 nitrogen and oxygen atoms in total. The maximum absolute atomic E-state index is 6.08. The van der Waals surface area contributed by atoms with E-state index in [-0.39, 0.29) is 0 Å². The second-order valence-electron chi connectivity index (χ2n) is 7.47. The first-order valence-corrected chi connectivity index (χ1v) is 11.6. The average Bonchev–Trinajstić information content (AvgIpc) is 2.77. The van der Waals surface area contributed by atoms with Gasteiger partial charge in [-0.1, -0.05) is 38.7 Å². The molecule has 0 fully saturated rings. The van der Waals surface area contributed by atoms with Gasteiger partial charge in [-0.3, -0.25) is 0 Å². The Labute approximate surface area is 188 Å². The summed E-state index contributed by atoms with van der Waals surface area (Å²) >= 11 is 3.65. The summed E-state index contributed by atoms with van der Waals surface area (Å²) in [6.07, 6.45) is 6.45. The number of methoxy groups -OCH3 is 1. The van der Waals surface area contributed by atoms with Gasteiger partial charge < -0.3 is 24.3 Å². The van der Waals surface area contributed by atoms with Crippen molar-refractivity contribution in [3.05, 3.63) is 45.9 Å². The van der Waals surface area contributed by atoms with Crippen LogP contribution in [0.25, 0.3) is 0 Å². The van der Waals surface area contributed by atoms with E-state index < -0.39 is 0 Å². The van der Waals surface area contributed by atoms with E-state index in [0.29, 0.717) is 25.6 Å². The van der Waals surface area contributed by atoms with Crippen molar-refractivity contribution >= 4 is 15.9 Å². The van der Waals surface area contributed by atoms with Crippen molar-refractivity contribution in [2.75, 3.05) is 26.9 Å². The standard InChI is InChI=1S/C24H32BrNO4/c1-3-4-5-6-7-10-26-16-19-13-20(25)24(23(15-19)27-2)30-17-18-8-9-21-22(14-18)29-12-11-28-21/h8-9,13-15,26H,3-7,10-12,16-17H2,1-2H3. The van der Waals surface area contributed by atoms with Crippen LogP contribution in [-0.2, 0) is 13.2 Å². The Kier molecular flexibility index (Phi) is 9.15. The number of rotatable bonds is 12. The third-order valence-electron chi connectivity index (χ3n) is 5.07. The van der Waals surface area contributed by atoms with Gasteiger partial charge in [-0.25, -0.2) is 0 Å². The van der Waals surface area contributed by atoms with Gasteiger partial charge in [0.1, 0.15) is 19.8 Å². The lowest BCUT2D eigenvalue weighted by molar-refractivity contribution is 0.171. The zero-order valence-electron chi connectivity index (χ0n) is 18.0. The van der Waals surface area contributed by atoms with Gasteiger partial charge in [0, 0.05) is 6.54 Å². The molecule has 0 unspecified atom stereocenters. The molecule has 2 aromatic rings. The Morgan fingerprint density at radius 2 is 1.77 bits per heavy atom. The normalized spacial score (nSPS) is 12.6. The van der Waals surface area contributed by atoms with E-state index in [4.69, 9.17) is 18.9 Å². The van der Waals surface area contributed by atoms with Crippen molar-refractivity contribution in [2.24, 2.45) is 0 Å². The van der Waals surface area contributed by atoms with Crippen LogP contribution in [0.1, 0.15) is 50.2 Å². The molecule has 6 heteroatoms. The molecule has 0 aromatic heterocycles. The van der Waals surface area contributed by atoms with Crippen LogP contribution in [0, 0.1) is 0 Å². The van der Waals surface area contributed by atoms with Crippen molar-refractivity contribution in [1.82, 2.24) is 5.32 Å². The van der Waals surface area contributed by atoms with E-state index in [1.807, 2.05) is 24.3 Å². The molecule has 0 spiro atoms. The molecule has 164 valence electrons. The van der Waals surface area contributed by atoms with Gasteiger partial charge >= 0.3 is 0 Å². The molecule has 0 aliphatic carbocycles. The molecule has 0 bridgehead atoms. The second-order valence-corrected chi connectivity index (χ2v) is 8.32. The first-order valence-electron chi connectivity index (χ1n) is 10.8. The summed E-state index contributed by atoms with van der Waals surface area (Å²) < 4.78 is 23.8. The molecule has 1 heterocycles. The average molecular weight is 478 g/mol. The highest BCUT2D eigenvalue weighted by Crippen LogP contribution is 2.38. The third kappa shape index (κ3) is 6.54. The summed E-state index contributed by atoms with van der Waals surface area (Å²) in [5.74, 6) is 2.98. The van der Waals surface area contributed by atoms with E-state index in [1.165, 1.54) is 37.7 Å². The quantitative estimate of drug-likeness (QED) is 0.387. The largest absolute Gasteiger partial charge is 0.493 e. The Morgan fingerprint density at radius 1 is 0.967 bits per heavy atom. The van der Waals surface area contributed by atoms with Crippen LogP contribution in [0.3, 0.4) is 0 Å². The van der Waals surface area contributed by atoms with Gasteiger partial charge in [-0.05, 0) is 64.3 Å². The summed E-state index contributed by atoms with van der Waals surface area (Å²) in [5, 5.41) is 3.52. The first kappa shape index (κ1) is 22.8. The predicted molar refractivity (Wildman–Crippen MR) is 123 cm³/mol. The molecule has 0 amide bonds. The first-order chi connectivity index (χ1) is 14.7. The zero-order chi connectivity index (χ0) is 21.2. The zero-order valence-corrected chi connectivity index (χ0v) is 19.6. The van der Waals surface area contributed by atoms with Crippen LogP contribution in [0.2, 0.25) is 0 Å². The summed E-state index contributed by atoms with van der Waals surface area (Å²) in [7, 11) is 1.67. The van der Waals surface area contributed by atoms with E-state index in [9.17, 15) is 0 Å². The molecule has 2 aromatic carbocycles. The van der Waals surface area contributed by atoms with Gasteiger partial charge in [0.25, 0.3) is 0 Å². The topological polar surface area (TPSA) is 49.0 Å². The summed E-state index contributed by atoms with van der Waals surface area (Å²) in [6.45, 7) is 5.67. The SMILES string of the molecule is CCCCCCCNCc1cc(Br)c(OCc2ccc3c(c2)OCCO3)c(OC)c1. The van der Waals surface area contributed by atoms with Gasteiger partial charge in [-0.15, -0.1) is 0 Å². The van der Waals surface area contributed by atoms with Crippen LogP contribution >= 0.6 is 15.9 Å². The van der Waals surface area contributed by atoms with Crippen molar-refractivity contribution in [1.29, 1.82) is 0 Å². The minimum absolute atomic E-state index is 0.418. The number of fused-ring (bicyclic) bond motifs is 1. The number of nitrogens with one attached hydrogen (secondary N) is 1. The number of halogens is 1. The third-order valence-corrected chi connectivity index (χ3v) is 5.65. The predicted octanol–water partition coefficient (Wildman–Crippen LogP) is 5.87. The van der Waals surface area contributed by atoms with E-state index in [0.717, 1.165) is 40.4 Å². The maximum atomic E-state index is 6.08. The molecule has 1 aliphatic heterocycles. The Balaban J connectivity index is 1.55. The molecular formula is C24H32BrNO4. The molecule has 0 atom stereocenters. The fraction of sp³-hybridized carbons (Fsp3) is 0.500. The fourth-order valence-corrected chi connectivity index (χ4v) is 4.04. The van der Waals surface area contributed by atoms with Crippen molar-refractivity contribution < 1.29 is 18.9 Å². The smallest absolute Gasteiger partial charge is 0.175 e. The van der Waals surface area contributed by atoms with Crippen LogP contribution in [0.5, 0.6) is 23.0 Å². The van der Waals surface area contributed by atoms with Crippen molar-refractivity contribution in [3.63, 3.8) is 0 Å². The summed E-state index contributed by atoms with van der Waals surface area (Å²) in [4.78, 5) is 0. The van der Waals surface area contributed by atoms with E-state index >= 15 is 0 Å². The lowest BCUT2D eigenvalue weighted by Gasteiger charge is -2.19. The molecule has 30 heavy (non-hydrogen) atoms. The minimum Gasteiger partial charge on any atom is -0.493 e. The van der Waals surface area contributed by atoms with Crippen molar-refractivity contribution in [2.45, 2.75) is 52.2 Å². The number of ether oxygens (including phenoxy) is 4. The minimum atomic E-state index is 0.418. The van der Waals surface area contributed by atoms with Gasteiger partial charge in [0.05, 0.1) is 11.6 Å². The van der Waals surface area contributed by atoms with Crippen LogP contribution in [-0.4, -0.2) is 26.9 Å². The van der Waals surface area contributed by atoms with Gasteiger partial charge in [0.2, 0.25) is 0 Å². The highest BCUT2D eigenvalue weighted by Gasteiger charge is 2.15. The number of hydrogen-bond acceptors (Lipinski definition) is 5. The van der Waals surface area contributed by atoms with Gasteiger partial charge in [-0.2, -0.15) is 0 Å². The molecule has 1 N–H and O–H groups in total. The van der Waals surface area contributed by atoms with E-state index in [1.54, 1.807) is 7.11 Å². The fourth-order valence-electron chi connectivity index (χ4n) is 3.43. The molecular weight excluding hydrogens is 446 g/mol. The number of benzene rings is 2. The molecule has 3 rings (SSSR count). The lowest BCUT2D eigenvalue weighted by atomic mass is 10.1. The molecule has 0 saturated carbocycles. The monoisotopic (exact) mass is 477 g/mol. The van der Waals surface area contributed by atoms with Crippen LogP contribution in [0.4, 0.5) is 0 Å². The highest BCUT2D eigenvalue weighted by molar-refractivity contribution is 9.10. The second kappa shape index (κ2) is 12.1. The number of unbranched alkanes of at least 4 members (excludes halogenated alkanes) is 4. The molecule has 0 saturated heterocycles. The van der Waals surface area contributed by atoms with Crippen molar-refractivity contribution in [3.8, 4) is 23.0 Å². The Hall–Kier alpha value is -1.92. The number of hydrogen-bond donors (Lipinski definition) is 1. The Bertz CT molecular complexity index is 812. The molecule has 0 radical (unpaired) electrons. The van der Waals surface area contributed by atoms with E-state index in [2.05, 4.69) is 34.2 Å². The molecule has 1 aliphatic rings. The lowest BCUT2D eigenvalue weighted by Crippen LogP contribution is -2.15. The summed E-state index contributed by atoms with van der Waals surface area (Å²) in [6, 6.07) is 10.0. The Morgan fingerprint density at radius 3 is 2.57 bits per heavy atom.